The van der Waals surface area contributed by atoms with E-state index >= 15 is 0 Å². The van der Waals surface area contributed by atoms with Gasteiger partial charge in [0.25, 0.3) is 0 Å². The van der Waals surface area contributed by atoms with Crippen molar-refractivity contribution in [2.75, 3.05) is 0 Å². The maximum Gasteiger partial charge on any atom is 0.573 e. The summed E-state index contributed by atoms with van der Waals surface area (Å²) in [5.41, 5.74) is 3.11. The van der Waals surface area contributed by atoms with Crippen LogP contribution in [0, 0.1) is 0 Å². The predicted octanol–water partition coefficient (Wildman–Crippen LogP) is 2.53. The molecule has 1 heterocycles. The van der Waals surface area contributed by atoms with Gasteiger partial charge in [-0.1, -0.05) is 24.3 Å². The minimum atomic E-state index is -4.76. The van der Waals surface area contributed by atoms with Crippen LogP contribution in [0.15, 0.2) is 47.1 Å². The Kier molecular flexibility index (Phi) is 5.58. The van der Waals surface area contributed by atoms with Gasteiger partial charge in [0.1, 0.15) is 11.8 Å². The number of benzene rings is 1. The van der Waals surface area contributed by atoms with Crippen LogP contribution in [-0.2, 0) is 9.59 Å². The average Bonchev–Trinajstić information content (AvgIpc) is 2.78. The third-order valence-corrected chi connectivity index (χ3v) is 3.13. The molecule has 0 amide bonds. The molecule has 132 valence electrons. The Bertz CT molecular complexity index is 737. The number of carboxylic acids is 1. The number of ether oxygens (including phenoxy) is 1. The summed E-state index contributed by atoms with van der Waals surface area (Å²) in [6, 6.07) is 4.08. The van der Waals surface area contributed by atoms with Crippen molar-refractivity contribution in [1.82, 2.24) is 5.43 Å². The predicted molar refractivity (Wildman–Crippen MR) is 82.9 cm³/mol. The smallest absolute Gasteiger partial charge is 0.480 e. The summed E-state index contributed by atoms with van der Waals surface area (Å²) >= 11 is 0. The van der Waals surface area contributed by atoms with Gasteiger partial charge in [-0.05, 0) is 30.2 Å². The van der Waals surface area contributed by atoms with Gasteiger partial charge in [0, 0.05) is 5.57 Å². The van der Waals surface area contributed by atoms with Gasteiger partial charge in [-0.2, -0.15) is 5.10 Å². The lowest BCUT2D eigenvalue weighted by molar-refractivity contribution is -0.274. The average molecular weight is 354 g/mol. The molecule has 1 atom stereocenters. The Morgan fingerprint density at radius 2 is 1.96 bits per heavy atom. The second kappa shape index (κ2) is 7.65. The van der Waals surface area contributed by atoms with E-state index in [1.165, 1.54) is 36.6 Å². The van der Waals surface area contributed by atoms with Crippen LogP contribution < -0.4 is 10.2 Å². The van der Waals surface area contributed by atoms with E-state index in [0.717, 1.165) is 12.1 Å². The van der Waals surface area contributed by atoms with Gasteiger partial charge in [-0.25, -0.2) is 4.79 Å². The molecule has 1 aliphatic rings. The Labute approximate surface area is 140 Å². The quantitative estimate of drug-likeness (QED) is 0.794. The summed E-state index contributed by atoms with van der Waals surface area (Å²) in [6.07, 6.45) is 0.638. The highest BCUT2D eigenvalue weighted by Gasteiger charge is 2.30. The first-order valence-electron chi connectivity index (χ1n) is 7.04. The number of allylic oxidation sites excluding steroid dienone is 2. The number of hydrogen-bond acceptors (Lipinski definition) is 5. The molecule has 0 fully saturated rings. The second-order valence-electron chi connectivity index (χ2n) is 4.99. The van der Waals surface area contributed by atoms with Crippen molar-refractivity contribution in [2.45, 2.75) is 18.8 Å². The highest BCUT2D eigenvalue weighted by molar-refractivity contribution is 6.19. The summed E-state index contributed by atoms with van der Waals surface area (Å²) < 4.78 is 40.0. The molecule has 0 aromatic heterocycles. The van der Waals surface area contributed by atoms with E-state index in [4.69, 9.17) is 5.11 Å². The van der Waals surface area contributed by atoms with Crippen LogP contribution in [0.25, 0.3) is 6.08 Å². The Balaban J connectivity index is 2.01. The Morgan fingerprint density at radius 1 is 1.28 bits per heavy atom. The molecular formula is C16H13F3N2O4. The fourth-order valence-corrected chi connectivity index (χ4v) is 1.92. The molecule has 2 rings (SSSR count). The maximum atomic E-state index is 12.1. The van der Waals surface area contributed by atoms with Crippen LogP contribution in [0.5, 0.6) is 5.75 Å². The van der Waals surface area contributed by atoms with Crippen LogP contribution in [0.1, 0.15) is 12.0 Å². The number of rotatable bonds is 5. The third-order valence-electron chi connectivity index (χ3n) is 3.13. The van der Waals surface area contributed by atoms with E-state index in [-0.39, 0.29) is 17.7 Å². The fourth-order valence-electron chi connectivity index (χ4n) is 1.92. The number of carbonyl (C=O) groups is 2. The number of hydrazone groups is 1. The number of hydrogen-bond donors (Lipinski definition) is 2. The van der Waals surface area contributed by atoms with Gasteiger partial charge in [0.2, 0.25) is 0 Å². The van der Waals surface area contributed by atoms with Crippen molar-refractivity contribution in [3.8, 4) is 5.75 Å². The van der Waals surface area contributed by atoms with Crippen LogP contribution >= 0.6 is 0 Å². The van der Waals surface area contributed by atoms with Gasteiger partial charge in [0.05, 0.1) is 6.21 Å². The zero-order chi connectivity index (χ0) is 18.4. The lowest BCUT2D eigenvalue weighted by Crippen LogP contribution is -2.31. The Morgan fingerprint density at radius 3 is 2.56 bits per heavy atom. The number of ketones is 1. The summed E-state index contributed by atoms with van der Waals surface area (Å²) in [7, 11) is 0. The first kappa shape index (κ1) is 18.2. The van der Waals surface area contributed by atoms with Gasteiger partial charge < -0.3 is 9.84 Å². The van der Waals surface area contributed by atoms with Gasteiger partial charge >= 0.3 is 12.3 Å². The molecule has 2 N–H and O–H groups in total. The summed E-state index contributed by atoms with van der Waals surface area (Å²) in [6.45, 7) is 0. The number of nitrogens with one attached hydrogen (secondary N) is 1. The van der Waals surface area contributed by atoms with Crippen molar-refractivity contribution >= 4 is 24.0 Å². The third kappa shape index (κ3) is 5.79. The monoisotopic (exact) mass is 354 g/mol. The van der Waals surface area contributed by atoms with Crippen LogP contribution in [-0.4, -0.2) is 35.5 Å². The number of carbonyl (C=O) groups excluding carboxylic acids is 1. The van der Waals surface area contributed by atoms with E-state index in [0.29, 0.717) is 5.56 Å². The normalized spacial score (nSPS) is 17.6. The van der Waals surface area contributed by atoms with Crippen LogP contribution in [0.3, 0.4) is 0 Å². The molecule has 0 spiro atoms. The molecule has 0 saturated carbocycles. The van der Waals surface area contributed by atoms with Crippen molar-refractivity contribution in [1.29, 1.82) is 0 Å². The highest BCUT2D eigenvalue weighted by atomic mass is 19.4. The van der Waals surface area contributed by atoms with Crippen molar-refractivity contribution in [3.05, 3.63) is 47.6 Å². The summed E-state index contributed by atoms with van der Waals surface area (Å²) in [5.74, 6) is -1.86. The molecular weight excluding hydrogens is 341 g/mol. The number of alkyl halides is 3. The van der Waals surface area contributed by atoms with Gasteiger partial charge in [-0.15, -0.1) is 13.2 Å². The molecule has 25 heavy (non-hydrogen) atoms. The standard InChI is InChI=1S/C16H13F3N2O4/c17-16(18,19)25-12-5-1-10(2-6-12)3-8-14(22)11-4-7-13(15(23)24)21-20-9-11/h1-6,8-9,13,21H,7H2,(H,23,24)/b8-3+. The van der Waals surface area contributed by atoms with E-state index in [2.05, 4.69) is 15.3 Å². The molecule has 9 heteroatoms. The molecule has 1 unspecified atom stereocenters. The van der Waals surface area contributed by atoms with Crippen molar-refractivity contribution in [3.63, 3.8) is 0 Å². The Hall–Kier alpha value is -3.10. The van der Waals surface area contributed by atoms with E-state index in [1.54, 1.807) is 0 Å². The lowest BCUT2D eigenvalue weighted by atomic mass is 10.1. The molecule has 0 saturated heterocycles. The number of nitrogens with zero attached hydrogens (tertiary/aromatic N) is 1. The largest absolute Gasteiger partial charge is 0.573 e. The zero-order valence-electron chi connectivity index (χ0n) is 12.7. The number of halogens is 3. The molecule has 1 aromatic rings. The minimum absolute atomic E-state index is 0.0910. The van der Waals surface area contributed by atoms with E-state index < -0.39 is 24.2 Å². The van der Waals surface area contributed by atoms with Crippen LogP contribution in [0.4, 0.5) is 13.2 Å². The van der Waals surface area contributed by atoms with Crippen LogP contribution in [0.2, 0.25) is 0 Å². The zero-order valence-corrected chi connectivity index (χ0v) is 12.7. The topological polar surface area (TPSA) is 88.0 Å². The van der Waals surface area contributed by atoms with Crippen molar-refractivity contribution in [2.24, 2.45) is 5.10 Å². The molecule has 1 aliphatic heterocycles. The SMILES string of the molecule is O=C(/C=C/c1ccc(OC(F)(F)F)cc1)C1=CCC(C(=O)O)NN=C1. The molecule has 0 bridgehead atoms. The van der Waals surface area contributed by atoms with Crippen molar-refractivity contribution < 1.29 is 32.6 Å². The number of aliphatic carboxylic acids is 1. The maximum absolute atomic E-state index is 12.1. The van der Waals surface area contributed by atoms with Gasteiger partial charge in [-0.3, -0.25) is 10.2 Å². The van der Waals surface area contributed by atoms with E-state index in [9.17, 15) is 22.8 Å². The number of carboxylic acid groups (broad SMARTS) is 1. The highest BCUT2D eigenvalue weighted by Crippen LogP contribution is 2.23. The van der Waals surface area contributed by atoms with E-state index in [1.807, 2.05) is 0 Å². The summed E-state index contributed by atoms with van der Waals surface area (Å²) in [5, 5.41) is 12.6. The minimum Gasteiger partial charge on any atom is -0.480 e. The summed E-state index contributed by atoms with van der Waals surface area (Å²) in [4.78, 5) is 22.9. The molecule has 6 nitrogen and oxygen atoms in total. The first-order chi connectivity index (χ1) is 11.7. The van der Waals surface area contributed by atoms with Gasteiger partial charge in [0.15, 0.2) is 5.78 Å². The fraction of sp³-hybridized carbons (Fsp3) is 0.188. The lowest BCUT2D eigenvalue weighted by Gasteiger charge is -2.08. The first-order valence-corrected chi connectivity index (χ1v) is 7.04. The second-order valence-corrected chi connectivity index (χ2v) is 4.99. The molecule has 0 aliphatic carbocycles. The molecule has 0 radical (unpaired) electrons. The molecule has 1 aromatic carbocycles.